The summed E-state index contributed by atoms with van der Waals surface area (Å²) >= 11 is 11.9. The number of benzene rings is 1. The maximum absolute atomic E-state index is 13.1. The highest BCUT2D eigenvalue weighted by Crippen LogP contribution is 2.34. The number of methoxy groups -OCH3 is 1. The molecule has 1 aromatic carbocycles. The molecule has 152 valence electrons. The zero-order valence-electron chi connectivity index (χ0n) is 15.3. The predicted molar refractivity (Wildman–Crippen MR) is 102 cm³/mol. The lowest BCUT2D eigenvalue weighted by Gasteiger charge is -2.17. The number of carbonyl (C=O) groups is 2. The summed E-state index contributed by atoms with van der Waals surface area (Å²) in [5.74, 6) is -1.07. The minimum Gasteiger partial charge on any atom is -0.468 e. The number of hydrogen-bond acceptors (Lipinski definition) is 7. The highest BCUT2D eigenvalue weighted by molar-refractivity contribution is 7.92. The van der Waals surface area contributed by atoms with E-state index in [1.165, 1.54) is 23.1 Å². The second-order valence-corrected chi connectivity index (χ2v) is 8.31. The van der Waals surface area contributed by atoms with Gasteiger partial charge in [0.25, 0.3) is 5.16 Å². The Morgan fingerprint density at radius 3 is 2.43 bits per heavy atom. The monoisotopic (exact) mass is 448 g/mol. The smallest absolute Gasteiger partial charge is 0.346 e. The molecule has 1 amide bonds. The van der Waals surface area contributed by atoms with Gasteiger partial charge in [-0.05, 0) is 26.0 Å². The molecule has 28 heavy (non-hydrogen) atoms. The molecule has 0 aliphatic carbocycles. The van der Waals surface area contributed by atoms with E-state index in [1.54, 1.807) is 13.8 Å². The summed E-state index contributed by atoms with van der Waals surface area (Å²) in [4.78, 5) is 29.8. The third-order valence-electron chi connectivity index (χ3n) is 3.93. The highest BCUT2D eigenvalue weighted by Gasteiger charge is 2.41. The zero-order valence-corrected chi connectivity index (χ0v) is 17.6. The van der Waals surface area contributed by atoms with Crippen LogP contribution >= 0.6 is 23.2 Å². The van der Waals surface area contributed by atoms with Crippen LogP contribution in [0.25, 0.3) is 0 Å². The van der Waals surface area contributed by atoms with Crippen molar-refractivity contribution in [3.63, 3.8) is 0 Å². The van der Waals surface area contributed by atoms with Gasteiger partial charge in [-0.1, -0.05) is 29.3 Å². The molecule has 1 aromatic heterocycles. The minimum atomic E-state index is -4.47. The van der Waals surface area contributed by atoms with E-state index in [0.29, 0.717) is 13.1 Å². The van der Waals surface area contributed by atoms with Crippen molar-refractivity contribution in [1.29, 1.82) is 0 Å². The van der Waals surface area contributed by atoms with E-state index in [-0.39, 0.29) is 15.6 Å². The van der Waals surface area contributed by atoms with Gasteiger partial charge in [0.15, 0.2) is 5.25 Å². The first kappa shape index (κ1) is 22.1. The van der Waals surface area contributed by atoms with Gasteiger partial charge in [0, 0.05) is 28.7 Å². The molecule has 0 saturated carbocycles. The van der Waals surface area contributed by atoms with E-state index < -0.39 is 32.2 Å². The van der Waals surface area contributed by atoms with Gasteiger partial charge in [0.1, 0.15) is 6.33 Å². The largest absolute Gasteiger partial charge is 0.468 e. The summed E-state index contributed by atoms with van der Waals surface area (Å²) in [6, 6.07) is 3.46. The van der Waals surface area contributed by atoms with Crippen LogP contribution in [0.3, 0.4) is 0 Å². The number of ether oxygens (including phenoxy) is 1. The van der Waals surface area contributed by atoms with Gasteiger partial charge >= 0.3 is 12.0 Å². The SMILES string of the molecule is CCN(CC)C(=O)n1cnc(S(=O)(=O)C(C(=O)OC)c2ccc(Cl)cc2Cl)n1. The van der Waals surface area contributed by atoms with E-state index in [4.69, 9.17) is 23.2 Å². The van der Waals surface area contributed by atoms with Crippen LogP contribution in [0, 0.1) is 0 Å². The average Bonchev–Trinajstić information content (AvgIpc) is 3.15. The van der Waals surface area contributed by atoms with E-state index in [1.807, 2.05) is 0 Å². The van der Waals surface area contributed by atoms with Crippen molar-refractivity contribution in [2.75, 3.05) is 20.2 Å². The highest BCUT2D eigenvalue weighted by atomic mass is 35.5. The third-order valence-corrected chi connectivity index (χ3v) is 6.25. The van der Waals surface area contributed by atoms with Crippen LogP contribution in [0.5, 0.6) is 0 Å². The quantitative estimate of drug-likeness (QED) is 0.623. The first-order valence-electron chi connectivity index (χ1n) is 8.14. The number of carbonyl (C=O) groups excluding carboxylic acids is 2. The molecule has 0 bridgehead atoms. The lowest BCUT2D eigenvalue weighted by molar-refractivity contribution is -0.140. The molecule has 12 heteroatoms. The lowest BCUT2D eigenvalue weighted by Crippen LogP contribution is -2.34. The van der Waals surface area contributed by atoms with Crippen LogP contribution in [0.4, 0.5) is 4.79 Å². The maximum atomic E-state index is 13.1. The van der Waals surface area contributed by atoms with Gasteiger partial charge in [0.05, 0.1) is 7.11 Å². The van der Waals surface area contributed by atoms with Gasteiger partial charge in [-0.15, -0.1) is 5.10 Å². The Morgan fingerprint density at radius 2 is 1.89 bits per heavy atom. The van der Waals surface area contributed by atoms with Crippen molar-refractivity contribution in [3.8, 4) is 0 Å². The second-order valence-electron chi connectivity index (χ2n) is 5.54. The molecule has 0 saturated heterocycles. The first-order chi connectivity index (χ1) is 13.2. The molecule has 0 N–H and O–H groups in total. The van der Waals surface area contributed by atoms with Gasteiger partial charge in [0.2, 0.25) is 9.84 Å². The summed E-state index contributed by atoms with van der Waals surface area (Å²) < 4.78 is 31.6. The fraction of sp³-hybridized carbons (Fsp3) is 0.375. The van der Waals surface area contributed by atoms with Gasteiger partial charge < -0.3 is 9.64 Å². The van der Waals surface area contributed by atoms with Crippen molar-refractivity contribution in [1.82, 2.24) is 19.7 Å². The molecule has 2 aromatic rings. The van der Waals surface area contributed by atoms with E-state index in [9.17, 15) is 18.0 Å². The molecule has 1 unspecified atom stereocenters. The Labute approximate surface area is 172 Å². The number of sulfone groups is 1. The summed E-state index contributed by atoms with van der Waals surface area (Å²) in [6.07, 6.45) is 0.978. The fourth-order valence-corrected chi connectivity index (χ4v) is 4.54. The molecule has 0 aliphatic rings. The molecule has 0 radical (unpaired) electrons. The summed E-state index contributed by atoms with van der Waals surface area (Å²) in [5.41, 5.74) is -0.0377. The van der Waals surface area contributed by atoms with Crippen molar-refractivity contribution >= 4 is 45.0 Å². The number of nitrogens with zero attached hydrogens (tertiary/aromatic N) is 4. The van der Waals surface area contributed by atoms with Gasteiger partial charge in [-0.3, -0.25) is 4.79 Å². The Balaban J connectivity index is 2.52. The van der Waals surface area contributed by atoms with Crippen LogP contribution in [-0.4, -0.2) is 60.3 Å². The lowest BCUT2D eigenvalue weighted by atomic mass is 10.1. The molecule has 2 rings (SSSR count). The second kappa shape index (κ2) is 8.89. The first-order valence-corrected chi connectivity index (χ1v) is 10.4. The standard InChI is InChI=1S/C16H18Cl2N4O5S/c1-4-21(5-2)16(24)22-9-19-15(20-22)28(25,26)13(14(23)27-3)11-7-6-10(17)8-12(11)18/h6-9,13H,4-5H2,1-3H3. The Morgan fingerprint density at radius 1 is 1.25 bits per heavy atom. The summed E-state index contributed by atoms with van der Waals surface area (Å²) in [6.45, 7) is 4.35. The molecule has 1 atom stereocenters. The van der Waals surface area contributed by atoms with Crippen LogP contribution in [0.15, 0.2) is 29.7 Å². The van der Waals surface area contributed by atoms with E-state index in [0.717, 1.165) is 18.1 Å². The van der Waals surface area contributed by atoms with Crippen LogP contribution in [0.1, 0.15) is 24.7 Å². The Bertz CT molecular complexity index is 989. The van der Waals surface area contributed by atoms with Crippen LogP contribution in [-0.2, 0) is 19.4 Å². The summed E-state index contributed by atoms with van der Waals surface area (Å²) in [7, 11) is -3.42. The predicted octanol–water partition coefficient (Wildman–Crippen LogP) is 2.58. The summed E-state index contributed by atoms with van der Waals surface area (Å²) in [5, 5.41) is 1.47. The van der Waals surface area contributed by atoms with E-state index >= 15 is 0 Å². The van der Waals surface area contributed by atoms with Crippen LogP contribution < -0.4 is 0 Å². The minimum absolute atomic E-state index is 0.0369. The number of esters is 1. The molecule has 0 aliphatic heterocycles. The maximum Gasteiger partial charge on any atom is 0.346 e. The van der Waals surface area contributed by atoms with E-state index in [2.05, 4.69) is 14.8 Å². The zero-order chi connectivity index (χ0) is 21.1. The van der Waals surface area contributed by atoms with Crippen molar-refractivity contribution in [2.45, 2.75) is 24.3 Å². The Kier molecular flexibility index (Phi) is 7.02. The number of halogens is 2. The van der Waals surface area contributed by atoms with Crippen molar-refractivity contribution in [2.24, 2.45) is 0 Å². The van der Waals surface area contributed by atoms with Crippen molar-refractivity contribution in [3.05, 3.63) is 40.1 Å². The topological polar surface area (TPSA) is 111 Å². The molecule has 0 fully saturated rings. The number of amides is 1. The molecule has 9 nitrogen and oxygen atoms in total. The Hall–Kier alpha value is -2.17. The van der Waals surface area contributed by atoms with Gasteiger partial charge in [-0.25, -0.2) is 18.2 Å². The van der Waals surface area contributed by atoms with Crippen LogP contribution in [0.2, 0.25) is 10.0 Å². The normalized spacial score (nSPS) is 12.5. The number of hydrogen-bond donors (Lipinski definition) is 0. The number of rotatable bonds is 6. The van der Waals surface area contributed by atoms with Crippen molar-refractivity contribution < 1.29 is 22.7 Å². The molecular weight excluding hydrogens is 431 g/mol. The molecule has 1 heterocycles. The third kappa shape index (κ3) is 4.29. The van der Waals surface area contributed by atoms with Gasteiger partial charge in [-0.2, -0.15) is 4.68 Å². The average molecular weight is 449 g/mol. The number of aromatic nitrogens is 3. The molecule has 0 spiro atoms. The molecular formula is C16H18Cl2N4O5S. The fourth-order valence-electron chi connectivity index (χ4n) is 2.46.